The van der Waals surface area contributed by atoms with Crippen LogP contribution in [-0.4, -0.2) is 16.2 Å². The Balaban J connectivity index is 1.86. The van der Waals surface area contributed by atoms with Crippen molar-refractivity contribution in [1.82, 2.24) is 0 Å². The number of thioether (sulfide) groups is 1. The van der Waals surface area contributed by atoms with Crippen LogP contribution in [0.2, 0.25) is 0 Å². The van der Waals surface area contributed by atoms with E-state index in [-0.39, 0.29) is 5.91 Å². The lowest BCUT2D eigenvalue weighted by Crippen LogP contribution is -2.19. The summed E-state index contributed by atoms with van der Waals surface area (Å²) in [5.74, 6) is -0.115. The van der Waals surface area contributed by atoms with E-state index in [2.05, 4.69) is 5.32 Å². The van der Waals surface area contributed by atoms with Gasteiger partial charge in [0.1, 0.15) is 5.04 Å². The van der Waals surface area contributed by atoms with Gasteiger partial charge in [0.25, 0.3) is 5.91 Å². The summed E-state index contributed by atoms with van der Waals surface area (Å²) in [6, 6.07) is 7.75. The molecule has 4 heteroatoms. The molecular weight excluding hydrogens is 268 g/mol. The molecule has 20 heavy (non-hydrogen) atoms. The molecule has 1 aliphatic carbocycles. The average molecular weight is 286 g/mol. The minimum atomic E-state index is -0.115. The Morgan fingerprint density at radius 2 is 2.15 bits per heavy atom. The van der Waals surface area contributed by atoms with E-state index in [0.29, 0.717) is 15.9 Å². The molecule has 1 unspecified atom stereocenters. The summed E-state index contributed by atoms with van der Waals surface area (Å²) in [5, 5.41) is 11.9. The number of para-hydroxylation sites is 1. The molecule has 1 aromatic carbocycles. The number of aryl methyl sites for hydroxylation is 1. The maximum Gasteiger partial charge on any atom is 0.258 e. The molecule has 1 amide bonds. The lowest BCUT2D eigenvalue weighted by molar-refractivity contribution is -0.112. The van der Waals surface area contributed by atoms with E-state index < -0.39 is 0 Å². The Kier molecular flexibility index (Phi) is 3.66. The molecule has 3 nitrogen and oxygen atoms in total. The second-order valence-corrected chi connectivity index (χ2v) is 6.56. The first-order valence-corrected chi connectivity index (χ1v) is 7.90. The first-order valence-electron chi connectivity index (χ1n) is 7.02. The third-order valence-electron chi connectivity index (χ3n) is 3.98. The van der Waals surface area contributed by atoms with Gasteiger partial charge in [-0.2, -0.15) is 0 Å². The zero-order valence-electron chi connectivity index (χ0n) is 11.5. The molecule has 2 aliphatic rings. The van der Waals surface area contributed by atoms with Crippen molar-refractivity contribution in [2.24, 2.45) is 0 Å². The van der Waals surface area contributed by atoms with Gasteiger partial charge in [-0.15, -0.1) is 0 Å². The minimum absolute atomic E-state index is 0.115. The molecule has 1 aliphatic heterocycles. The number of fused-ring (bicyclic) bond motifs is 1. The van der Waals surface area contributed by atoms with Gasteiger partial charge in [-0.05, 0) is 43.4 Å². The summed E-state index contributed by atoms with van der Waals surface area (Å²) in [6.45, 7) is 1.98. The summed E-state index contributed by atoms with van der Waals surface area (Å²) in [6.07, 6.45) is 4.42. The van der Waals surface area contributed by atoms with Crippen molar-refractivity contribution in [3.63, 3.8) is 0 Å². The third-order valence-corrected chi connectivity index (χ3v) is 5.22. The number of benzene rings is 1. The van der Waals surface area contributed by atoms with Gasteiger partial charge in [-0.1, -0.05) is 36.4 Å². The number of amides is 1. The van der Waals surface area contributed by atoms with Crippen molar-refractivity contribution in [2.45, 2.75) is 37.9 Å². The van der Waals surface area contributed by atoms with Crippen LogP contribution in [0, 0.1) is 12.3 Å². The molecule has 0 radical (unpaired) electrons. The molecule has 104 valence electrons. The highest BCUT2D eigenvalue weighted by molar-refractivity contribution is 8.15. The van der Waals surface area contributed by atoms with Crippen LogP contribution in [0.25, 0.3) is 0 Å². The largest absolute Gasteiger partial charge is 0.322 e. The quantitative estimate of drug-likeness (QED) is 0.866. The summed E-state index contributed by atoms with van der Waals surface area (Å²) in [4.78, 5) is 12.5. The normalized spacial score (nSPS) is 21.9. The number of carbonyl (C=O) groups is 1. The molecule has 1 atom stereocenters. The van der Waals surface area contributed by atoms with Gasteiger partial charge in [-0.3, -0.25) is 10.2 Å². The highest BCUT2D eigenvalue weighted by Crippen LogP contribution is 2.43. The Morgan fingerprint density at radius 1 is 1.35 bits per heavy atom. The maximum absolute atomic E-state index is 12.5. The molecule has 0 aromatic heterocycles. The predicted molar refractivity (Wildman–Crippen MR) is 84.4 cm³/mol. The smallest absolute Gasteiger partial charge is 0.258 e. The lowest BCUT2D eigenvalue weighted by atomic mass is 9.90. The SMILES string of the molecule is Cc1ccccc1NC(=O)C1=C2CCCCC2SC1=N. The Morgan fingerprint density at radius 3 is 2.95 bits per heavy atom. The maximum atomic E-state index is 12.5. The summed E-state index contributed by atoms with van der Waals surface area (Å²) >= 11 is 1.55. The zero-order chi connectivity index (χ0) is 14.1. The van der Waals surface area contributed by atoms with E-state index in [1.54, 1.807) is 11.8 Å². The molecule has 2 N–H and O–H groups in total. The molecule has 1 heterocycles. The fraction of sp³-hybridized carbons (Fsp3) is 0.375. The van der Waals surface area contributed by atoms with Crippen LogP contribution in [0.1, 0.15) is 31.2 Å². The molecule has 1 fully saturated rings. The van der Waals surface area contributed by atoms with E-state index in [1.165, 1.54) is 12.0 Å². The zero-order valence-corrected chi connectivity index (χ0v) is 12.3. The number of hydrogen-bond acceptors (Lipinski definition) is 3. The van der Waals surface area contributed by atoms with Gasteiger partial charge >= 0.3 is 0 Å². The first-order chi connectivity index (χ1) is 9.66. The average Bonchev–Trinajstić information content (AvgIpc) is 2.77. The van der Waals surface area contributed by atoms with E-state index in [4.69, 9.17) is 5.41 Å². The fourth-order valence-corrected chi connectivity index (χ4v) is 4.18. The molecule has 3 rings (SSSR count). The van der Waals surface area contributed by atoms with Crippen molar-refractivity contribution in [1.29, 1.82) is 5.41 Å². The Hall–Kier alpha value is -1.55. The first kappa shape index (κ1) is 13.4. The van der Waals surface area contributed by atoms with Gasteiger partial charge < -0.3 is 5.32 Å². The predicted octanol–water partition coefficient (Wildman–Crippen LogP) is 3.90. The van der Waals surface area contributed by atoms with Crippen molar-refractivity contribution in [2.75, 3.05) is 5.32 Å². The number of anilines is 1. The van der Waals surface area contributed by atoms with Gasteiger partial charge in [0, 0.05) is 10.9 Å². The van der Waals surface area contributed by atoms with Gasteiger partial charge in [0.15, 0.2) is 0 Å². The van der Waals surface area contributed by atoms with Crippen LogP contribution in [-0.2, 0) is 4.79 Å². The highest BCUT2D eigenvalue weighted by Gasteiger charge is 2.35. The van der Waals surface area contributed by atoms with Crippen molar-refractivity contribution in [3.05, 3.63) is 41.0 Å². The molecule has 0 saturated heterocycles. The van der Waals surface area contributed by atoms with Gasteiger partial charge in [-0.25, -0.2) is 0 Å². The number of nitrogens with one attached hydrogen (secondary N) is 2. The molecule has 1 aromatic rings. The van der Waals surface area contributed by atoms with Crippen LogP contribution < -0.4 is 5.32 Å². The van der Waals surface area contributed by atoms with E-state index in [9.17, 15) is 4.79 Å². The summed E-state index contributed by atoms with van der Waals surface area (Å²) in [7, 11) is 0. The topological polar surface area (TPSA) is 53.0 Å². The Labute approximate surface area is 123 Å². The second kappa shape index (κ2) is 5.44. The van der Waals surface area contributed by atoms with Crippen LogP contribution in [0.15, 0.2) is 35.4 Å². The van der Waals surface area contributed by atoms with Gasteiger partial charge in [0.05, 0.1) is 5.57 Å². The standard InChI is InChI=1S/C16H18N2OS/c1-10-6-2-4-8-12(10)18-16(19)14-11-7-3-5-9-13(11)20-15(14)17/h2,4,6,8,13,17H,3,5,7,9H2,1H3,(H,18,19). The number of carbonyl (C=O) groups excluding carboxylic acids is 1. The minimum Gasteiger partial charge on any atom is -0.322 e. The molecule has 0 bridgehead atoms. The highest BCUT2D eigenvalue weighted by atomic mass is 32.2. The monoisotopic (exact) mass is 286 g/mol. The third kappa shape index (κ3) is 2.40. The van der Waals surface area contributed by atoms with Crippen LogP contribution in [0.4, 0.5) is 5.69 Å². The molecular formula is C16H18N2OS. The number of hydrogen-bond donors (Lipinski definition) is 2. The Bertz CT molecular complexity index is 606. The second-order valence-electron chi connectivity index (χ2n) is 5.35. The van der Waals surface area contributed by atoms with Gasteiger partial charge in [0.2, 0.25) is 0 Å². The van der Waals surface area contributed by atoms with E-state index in [0.717, 1.165) is 30.5 Å². The molecule has 1 saturated carbocycles. The molecule has 0 spiro atoms. The van der Waals surface area contributed by atoms with Crippen molar-refractivity contribution in [3.8, 4) is 0 Å². The summed E-state index contributed by atoms with van der Waals surface area (Å²) < 4.78 is 0. The summed E-state index contributed by atoms with van der Waals surface area (Å²) in [5.41, 5.74) is 3.70. The van der Waals surface area contributed by atoms with Crippen LogP contribution >= 0.6 is 11.8 Å². The lowest BCUT2D eigenvalue weighted by Gasteiger charge is -2.19. The van der Waals surface area contributed by atoms with E-state index in [1.807, 2.05) is 31.2 Å². The van der Waals surface area contributed by atoms with Crippen molar-refractivity contribution < 1.29 is 4.79 Å². The van der Waals surface area contributed by atoms with Crippen molar-refractivity contribution >= 4 is 28.4 Å². The van der Waals surface area contributed by atoms with Crippen LogP contribution in [0.5, 0.6) is 0 Å². The van der Waals surface area contributed by atoms with E-state index >= 15 is 0 Å². The fourth-order valence-electron chi connectivity index (χ4n) is 2.89. The number of rotatable bonds is 2. The van der Waals surface area contributed by atoms with Crippen LogP contribution in [0.3, 0.4) is 0 Å².